The van der Waals surface area contributed by atoms with Crippen molar-refractivity contribution >= 4 is 27.7 Å². The fraction of sp³-hybridized carbons (Fsp3) is 0.636. The molecule has 1 aliphatic heterocycles. The summed E-state index contributed by atoms with van der Waals surface area (Å²) in [6, 6.07) is 6.38. The van der Waals surface area contributed by atoms with Gasteiger partial charge in [-0.15, -0.1) is 0 Å². The minimum absolute atomic E-state index is 0.00605. The van der Waals surface area contributed by atoms with Gasteiger partial charge in [-0.1, -0.05) is 13.0 Å². The molecule has 8 heteroatoms. The van der Waals surface area contributed by atoms with E-state index in [1.807, 2.05) is 6.07 Å². The number of carbonyl (C=O) groups excluding carboxylic acids is 2. The first-order valence-corrected chi connectivity index (χ1v) is 11.4. The van der Waals surface area contributed by atoms with Crippen LogP contribution in [0.3, 0.4) is 0 Å². The van der Waals surface area contributed by atoms with Crippen LogP contribution in [-0.4, -0.2) is 68.0 Å². The number of nitrogens with zero attached hydrogens (tertiary/aromatic N) is 2. The highest BCUT2D eigenvalue weighted by atomic mass is 79.9. The largest absolute Gasteiger partial charge is 0.492 e. The van der Waals surface area contributed by atoms with Crippen molar-refractivity contribution < 1.29 is 14.3 Å². The summed E-state index contributed by atoms with van der Waals surface area (Å²) < 4.78 is 6.83. The molecule has 1 aromatic rings. The van der Waals surface area contributed by atoms with Crippen LogP contribution in [0, 0.1) is 5.92 Å². The van der Waals surface area contributed by atoms with Crippen molar-refractivity contribution in [2.24, 2.45) is 11.7 Å². The number of nitrogens with two attached hydrogens (primary N) is 1. The Hall–Kier alpha value is -1.64. The Morgan fingerprint density at radius 2 is 2.17 bits per heavy atom. The first kappa shape index (κ1) is 24.6. The van der Waals surface area contributed by atoms with E-state index in [0.717, 1.165) is 49.2 Å². The molecule has 1 aliphatic rings. The van der Waals surface area contributed by atoms with Crippen LogP contribution in [-0.2, 0) is 16.1 Å². The molecule has 168 valence electrons. The van der Waals surface area contributed by atoms with Crippen molar-refractivity contribution in [1.29, 1.82) is 0 Å². The van der Waals surface area contributed by atoms with Crippen molar-refractivity contribution in [3.05, 3.63) is 28.2 Å². The van der Waals surface area contributed by atoms with Crippen molar-refractivity contribution in [1.82, 2.24) is 15.1 Å². The Kier molecular flexibility index (Phi) is 10.1. The van der Waals surface area contributed by atoms with Crippen molar-refractivity contribution in [3.63, 3.8) is 0 Å². The van der Waals surface area contributed by atoms with Gasteiger partial charge in [0, 0.05) is 44.6 Å². The quantitative estimate of drug-likeness (QED) is 0.446. The molecular formula is C22H35BrN4O3. The second-order valence-corrected chi connectivity index (χ2v) is 9.25. The lowest BCUT2D eigenvalue weighted by Crippen LogP contribution is -2.37. The first-order valence-electron chi connectivity index (χ1n) is 10.6. The highest BCUT2D eigenvalue weighted by Gasteiger charge is 2.24. The Morgan fingerprint density at radius 3 is 2.83 bits per heavy atom. The van der Waals surface area contributed by atoms with Crippen LogP contribution in [0.5, 0.6) is 5.75 Å². The average molecular weight is 483 g/mol. The molecule has 1 saturated heterocycles. The molecule has 0 aromatic heterocycles. The van der Waals surface area contributed by atoms with E-state index in [1.165, 1.54) is 5.56 Å². The number of carbonyl (C=O) groups is 2. The molecule has 0 radical (unpaired) electrons. The van der Waals surface area contributed by atoms with E-state index >= 15 is 0 Å². The van der Waals surface area contributed by atoms with Gasteiger partial charge in [-0.2, -0.15) is 0 Å². The third kappa shape index (κ3) is 8.62. The van der Waals surface area contributed by atoms with Gasteiger partial charge in [0.1, 0.15) is 5.75 Å². The summed E-state index contributed by atoms with van der Waals surface area (Å²) in [4.78, 5) is 27.7. The van der Waals surface area contributed by atoms with E-state index in [9.17, 15) is 9.59 Å². The van der Waals surface area contributed by atoms with Crippen molar-refractivity contribution in [2.45, 2.75) is 45.2 Å². The molecular weight excluding hydrogens is 448 g/mol. The number of rotatable bonds is 12. The number of halogens is 1. The second-order valence-electron chi connectivity index (χ2n) is 8.40. The molecule has 7 nitrogen and oxygen atoms in total. The topological polar surface area (TPSA) is 87.9 Å². The monoisotopic (exact) mass is 482 g/mol. The van der Waals surface area contributed by atoms with Crippen LogP contribution in [0.2, 0.25) is 0 Å². The molecule has 2 rings (SSSR count). The van der Waals surface area contributed by atoms with E-state index in [4.69, 9.17) is 10.5 Å². The van der Waals surface area contributed by atoms with E-state index in [0.29, 0.717) is 19.4 Å². The zero-order valence-electron chi connectivity index (χ0n) is 18.3. The number of hydrogen-bond donors (Lipinski definition) is 2. The maximum atomic E-state index is 12.1. The number of nitrogens with one attached hydrogen (secondary N) is 1. The fourth-order valence-electron chi connectivity index (χ4n) is 3.46. The molecule has 2 amide bonds. The molecule has 30 heavy (non-hydrogen) atoms. The normalized spacial score (nSPS) is 17.8. The van der Waals surface area contributed by atoms with E-state index < -0.39 is 0 Å². The predicted octanol–water partition coefficient (Wildman–Crippen LogP) is 2.37. The molecule has 0 spiro atoms. The molecule has 0 aliphatic carbocycles. The van der Waals surface area contributed by atoms with E-state index in [2.05, 4.69) is 57.3 Å². The Bertz CT molecular complexity index is 714. The highest BCUT2D eigenvalue weighted by molar-refractivity contribution is 9.10. The Morgan fingerprint density at radius 1 is 1.40 bits per heavy atom. The first-order chi connectivity index (χ1) is 14.2. The van der Waals surface area contributed by atoms with Gasteiger partial charge >= 0.3 is 0 Å². The van der Waals surface area contributed by atoms with Gasteiger partial charge in [-0.05, 0) is 67.0 Å². The number of likely N-dealkylation sites (tertiary alicyclic amines) is 1. The lowest BCUT2D eigenvalue weighted by Gasteiger charge is -2.18. The molecule has 1 aromatic carbocycles. The zero-order chi connectivity index (χ0) is 22.1. The maximum absolute atomic E-state index is 12.1. The summed E-state index contributed by atoms with van der Waals surface area (Å²) in [5.41, 5.74) is 6.46. The smallest absolute Gasteiger partial charge is 0.220 e. The van der Waals surface area contributed by atoms with E-state index in [-0.39, 0.29) is 23.8 Å². The fourth-order valence-corrected chi connectivity index (χ4v) is 4.01. The predicted molar refractivity (Wildman–Crippen MR) is 122 cm³/mol. The third-order valence-corrected chi connectivity index (χ3v) is 5.96. The summed E-state index contributed by atoms with van der Waals surface area (Å²) in [5.74, 6) is 0.239. The van der Waals surface area contributed by atoms with E-state index in [1.54, 1.807) is 6.92 Å². The summed E-state index contributed by atoms with van der Waals surface area (Å²) in [6.45, 7) is 6.07. The van der Waals surface area contributed by atoms with Crippen LogP contribution in [0.1, 0.15) is 38.2 Å². The van der Waals surface area contributed by atoms with Crippen molar-refractivity contribution in [3.8, 4) is 5.75 Å². The molecule has 1 heterocycles. The average Bonchev–Trinajstić information content (AvgIpc) is 3.11. The lowest BCUT2D eigenvalue weighted by molar-refractivity contribution is -0.123. The second kappa shape index (κ2) is 12.3. The Balaban J connectivity index is 1.73. The van der Waals surface area contributed by atoms with Gasteiger partial charge in [0.2, 0.25) is 11.8 Å². The number of benzene rings is 1. The molecule has 0 bridgehead atoms. The molecule has 1 fully saturated rings. The summed E-state index contributed by atoms with van der Waals surface area (Å²) in [5, 5.41) is 3.08. The number of primary amides is 1. The molecule has 3 N–H and O–H groups in total. The lowest BCUT2D eigenvalue weighted by atomic mass is 10.0. The van der Waals surface area contributed by atoms with Gasteiger partial charge in [0.15, 0.2) is 0 Å². The van der Waals surface area contributed by atoms with Crippen molar-refractivity contribution in [2.75, 3.05) is 40.3 Å². The highest BCUT2D eigenvalue weighted by Crippen LogP contribution is 2.27. The van der Waals surface area contributed by atoms with Crippen LogP contribution in [0.25, 0.3) is 0 Å². The van der Waals surface area contributed by atoms with Gasteiger partial charge in [0.25, 0.3) is 0 Å². The van der Waals surface area contributed by atoms with Crippen LogP contribution in [0.15, 0.2) is 22.7 Å². The summed E-state index contributed by atoms with van der Waals surface area (Å²) in [7, 11) is 4.12. The Labute approximate surface area is 188 Å². The molecule has 2 atom stereocenters. The third-order valence-electron chi connectivity index (χ3n) is 5.34. The number of ether oxygens (including phenoxy) is 1. The van der Waals surface area contributed by atoms with Gasteiger partial charge in [0.05, 0.1) is 11.1 Å². The van der Waals surface area contributed by atoms with Gasteiger partial charge in [-0.25, -0.2) is 0 Å². The summed E-state index contributed by atoms with van der Waals surface area (Å²) in [6.07, 6.45) is 2.76. The summed E-state index contributed by atoms with van der Waals surface area (Å²) >= 11 is 3.62. The SMILES string of the molecule is C[C@@H](CCC(=O)N[C@H]1CCN(Cc2ccc(OCCCN(C)C)c(Br)c2)C1)C(N)=O. The van der Waals surface area contributed by atoms with Gasteiger partial charge < -0.3 is 20.7 Å². The van der Waals surface area contributed by atoms with Crippen LogP contribution < -0.4 is 15.8 Å². The molecule has 0 saturated carbocycles. The van der Waals surface area contributed by atoms with Crippen LogP contribution >= 0.6 is 15.9 Å². The van der Waals surface area contributed by atoms with Gasteiger partial charge in [-0.3, -0.25) is 14.5 Å². The zero-order valence-corrected chi connectivity index (χ0v) is 19.9. The number of hydrogen-bond acceptors (Lipinski definition) is 5. The van der Waals surface area contributed by atoms with Crippen LogP contribution in [0.4, 0.5) is 0 Å². The minimum atomic E-state index is -0.356. The minimum Gasteiger partial charge on any atom is -0.492 e. The number of amides is 2. The standard InChI is InChI=1S/C22H35BrN4O3/c1-16(22(24)29)5-8-21(28)25-18-9-11-27(15-18)14-17-6-7-20(19(23)13-17)30-12-4-10-26(2)3/h6-7,13,16,18H,4-5,8-12,14-15H2,1-3H3,(H2,24,29)(H,25,28)/t16-,18-/m0/s1. The molecule has 0 unspecified atom stereocenters. The maximum Gasteiger partial charge on any atom is 0.220 e.